The van der Waals surface area contributed by atoms with E-state index in [2.05, 4.69) is 21.0 Å². The molecular formula is C29H24BrN3O6. The molecule has 1 atom stereocenters. The summed E-state index contributed by atoms with van der Waals surface area (Å²) in [6.07, 6.45) is 0.666. The van der Waals surface area contributed by atoms with E-state index in [0.717, 1.165) is 5.39 Å². The minimum atomic E-state index is -0.844. The summed E-state index contributed by atoms with van der Waals surface area (Å²) in [5.74, 6) is 0.886. The molecule has 0 aliphatic carbocycles. The molecule has 0 unspecified atom stereocenters. The van der Waals surface area contributed by atoms with Crippen molar-refractivity contribution in [1.29, 1.82) is 0 Å². The molecule has 2 heterocycles. The number of benzene rings is 3. The van der Waals surface area contributed by atoms with E-state index in [1.807, 2.05) is 36.4 Å². The fourth-order valence-corrected chi connectivity index (χ4v) is 4.57. The summed E-state index contributed by atoms with van der Waals surface area (Å²) >= 11 is 3.48. The van der Waals surface area contributed by atoms with Gasteiger partial charge >= 0.3 is 5.97 Å². The Morgan fingerprint density at radius 2 is 1.92 bits per heavy atom. The Bertz CT molecular complexity index is 1740. The largest absolute Gasteiger partial charge is 0.493 e. The maximum Gasteiger partial charge on any atom is 0.347 e. The van der Waals surface area contributed by atoms with Crippen molar-refractivity contribution < 1.29 is 23.4 Å². The van der Waals surface area contributed by atoms with Crippen LogP contribution in [0.3, 0.4) is 0 Å². The average Bonchev–Trinajstić information content (AvgIpc) is 3.38. The predicted octanol–water partition coefficient (Wildman–Crippen LogP) is 5.79. The van der Waals surface area contributed by atoms with Gasteiger partial charge in [0.2, 0.25) is 5.82 Å². The van der Waals surface area contributed by atoms with E-state index in [4.69, 9.17) is 23.6 Å². The third kappa shape index (κ3) is 5.28. The van der Waals surface area contributed by atoms with Crippen LogP contribution >= 0.6 is 15.9 Å². The first-order valence-electron chi connectivity index (χ1n) is 12.2. The van der Waals surface area contributed by atoms with E-state index in [-0.39, 0.29) is 18.0 Å². The summed E-state index contributed by atoms with van der Waals surface area (Å²) in [7, 11) is 1.49. The minimum Gasteiger partial charge on any atom is -0.493 e. The summed E-state index contributed by atoms with van der Waals surface area (Å²) in [6.45, 7) is 3.57. The number of halogens is 1. The van der Waals surface area contributed by atoms with Crippen LogP contribution < -0.4 is 15.0 Å². The fourth-order valence-electron chi connectivity index (χ4n) is 4.02. The molecule has 0 aliphatic rings. The number of para-hydroxylation sites is 2. The molecule has 0 saturated carbocycles. The van der Waals surface area contributed by atoms with Gasteiger partial charge in [-0.15, -0.1) is 0 Å². The van der Waals surface area contributed by atoms with Crippen molar-refractivity contribution in [3.63, 3.8) is 0 Å². The number of hydrogen-bond acceptors (Lipinski definition) is 8. The van der Waals surface area contributed by atoms with Crippen LogP contribution in [0.2, 0.25) is 0 Å². The molecule has 0 bridgehead atoms. The first-order chi connectivity index (χ1) is 18.9. The second-order valence-corrected chi connectivity index (χ2v) is 9.36. The third-order valence-electron chi connectivity index (χ3n) is 5.89. The number of furan rings is 1. The molecule has 0 spiro atoms. The molecule has 5 aromatic rings. The van der Waals surface area contributed by atoms with Gasteiger partial charge in [-0.2, -0.15) is 9.78 Å². The molecule has 39 heavy (non-hydrogen) atoms. The number of hydrogen-bond donors (Lipinski definition) is 0. The second kappa shape index (κ2) is 11.1. The zero-order chi connectivity index (χ0) is 27.5. The van der Waals surface area contributed by atoms with Gasteiger partial charge in [-0.25, -0.2) is 9.78 Å². The number of ether oxygens (including phenoxy) is 3. The van der Waals surface area contributed by atoms with Gasteiger partial charge in [0.1, 0.15) is 5.58 Å². The highest BCUT2D eigenvalue weighted by molar-refractivity contribution is 9.10. The number of nitrogens with zero attached hydrogens (tertiary/aromatic N) is 3. The zero-order valence-corrected chi connectivity index (χ0v) is 23.0. The topological polar surface area (TPSA) is 105 Å². The summed E-state index contributed by atoms with van der Waals surface area (Å²) in [5.41, 5.74) is 1.46. The van der Waals surface area contributed by atoms with Crippen LogP contribution in [0.25, 0.3) is 33.5 Å². The normalized spacial score (nSPS) is 12.2. The van der Waals surface area contributed by atoms with E-state index in [0.29, 0.717) is 43.8 Å². The van der Waals surface area contributed by atoms with Gasteiger partial charge in [-0.3, -0.25) is 4.79 Å². The fraction of sp³-hybridized carbons (Fsp3) is 0.172. The van der Waals surface area contributed by atoms with Gasteiger partial charge < -0.3 is 18.6 Å². The highest BCUT2D eigenvalue weighted by atomic mass is 79.9. The molecule has 2 aromatic heterocycles. The van der Waals surface area contributed by atoms with Crippen LogP contribution in [0, 0.1) is 0 Å². The first kappa shape index (κ1) is 26.2. The van der Waals surface area contributed by atoms with E-state index in [1.165, 1.54) is 18.0 Å². The Hall–Kier alpha value is -4.44. The van der Waals surface area contributed by atoms with Crippen molar-refractivity contribution in [3.05, 3.63) is 87.1 Å². The highest BCUT2D eigenvalue weighted by Gasteiger charge is 2.21. The van der Waals surface area contributed by atoms with Crippen molar-refractivity contribution in [2.24, 2.45) is 5.10 Å². The maximum absolute atomic E-state index is 13.5. The van der Waals surface area contributed by atoms with Gasteiger partial charge in [0.05, 0.1) is 35.3 Å². The van der Waals surface area contributed by atoms with E-state index in [1.54, 1.807) is 44.2 Å². The van der Waals surface area contributed by atoms with Crippen LogP contribution in [-0.2, 0) is 9.53 Å². The number of aromatic nitrogens is 2. The van der Waals surface area contributed by atoms with Crippen molar-refractivity contribution in [2.75, 3.05) is 13.7 Å². The molecule has 5 rings (SSSR count). The van der Waals surface area contributed by atoms with Crippen molar-refractivity contribution in [3.8, 4) is 23.1 Å². The molecule has 0 saturated heterocycles. The molecule has 0 amide bonds. The Morgan fingerprint density at radius 3 is 2.69 bits per heavy atom. The van der Waals surface area contributed by atoms with Crippen LogP contribution in [-0.4, -0.2) is 41.7 Å². The lowest BCUT2D eigenvalue weighted by Gasteiger charge is -2.17. The zero-order valence-electron chi connectivity index (χ0n) is 21.4. The number of fused-ring (bicyclic) bond motifs is 2. The predicted molar refractivity (Wildman–Crippen MR) is 152 cm³/mol. The average molecular weight is 590 g/mol. The Kier molecular flexibility index (Phi) is 7.47. The molecule has 10 heteroatoms. The van der Waals surface area contributed by atoms with Crippen molar-refractivity contribution in [1.82, 2.24) is 9.66 Å². The van der Waals surface area contributed by atoms with Crippen LogP contribution in [0.4, 0.5) is 0 Å². The van der Waals surface area contributed by atoms with Gasteiger partial charge in [0.25, 0.3) is 5.56 Å². The van der Waals surface area contributed by atoms with E-state index >= 15 is 0 Å². The number of carbonyl (C=O) groups excluding carboxylic acids is 1. The van der Waals surface area contributed by atoms with Gasteiger partial charge in [0, 0.05) is 5.39 Å². The summed E-state index contributed by atoms with van der Waals surface area (Å²) in [5, 5.41) is 5.80. The highest BCUT2D eigenvalue weighted by Crippen LogP contribution is 2.37. The molecule has 0 fully saturated rings. The van der Waals surface area contributed by atoms with Gasteiger partial charge in [-0.05, 0) is 71.7 Å². The van der Waals surface area contributed by atoms with Crippen molar-refractivity contribution in [2.45, 2.75) is 20.0 Å². The monoisotopic (exact) mass is 589 g/mol. The van der Waals surface area contributed by atoms with E-state index < -0.39 is 12.1 Å². The van der Waals surface area contributed by atoms with Crippen molar-refractivity contribution >= 4 is 50.0 Å². The Labute approximate surface area is 231 Å². The Balaban J connectivity index is 1.57. The minimum absolute atomic E-state index is 0.249. The van der Waals surface area contributed by atoms with E-state index in [9.17, 15) is 9.59 Å². The number of esters is 1. The number of methoxy groups -OCH3 is 1. The third-order valence-corrected chi connectivity index (χ3v) is 6.48. The summed E-state index contributed by atoms with van der Waals surface area (Å²) < 4.78 is 24.1. The molecule has 0 N–H and O–H groups in total. The molecule has 198 valence electrons. The van der Waals surface area contributed by atoms with Crippen LogP contribution in [0.5, 0.6) is 11.5 Å². The standard InChI is InChI=1S/C29H24BrN3O6/c1-4-37-29(35)17(2)38-26-21(30)13-18(14-24(26)36-3)16-31-33-27(25-15-19-9-5-8-12-23(19)39-25)32-22-11-7-6-10-20(22)28(33)34/h5-17H,4H2,1-3H3/t17-/m0/s1. The lowest BCUT2D eigenvalue weighted by atomic mass is 10.2. The lowest BCUT2D eigenvalue weighted by molar-refractivity contribution is -0.150. The summed E-state index contributed by atoms with van der Waals surface area (Å²) in [6, 6.07) is 19.9. The molecule has 9 nitrogen and oxygen atoms in total. The van der Waals surface area contributed by atoms with Crippen LogP contribution in [0.15, 0.2) is 85.5 Å². The van der Waals surface area contributed by atoms with Crippen LogP contribution in [0.1, 0.15) is 19.4 Å². The number of carbonyl (C=O) groups is 1. The maximum atomic E-state index is 13.5. The number of rotatable bonds is 8. The van der Waals surface area contributed by atoms with Gasteiger partial charge in [-0.1, -0.05) is 30.3 Å². The molecule has 3 aromatic carbocycles. The smallest absolute Gasteiger partial charge is 0.347 e. The SMILES string of the molecule is CCOC(=O)[C@H](C)Oc1c(Br)cc(C=Nn2c(-c3cc4ccccc4o3)nc3ccccc3c2=O)cc1OC. The molecule has 0 radical (unpaired) electrons. The second-order valence-electron chi connectivity index (χ2n) is 8.51. The first-order valence-corrected chi connectivity index (χ1v) is 12.9. The van der Waals surface area contributed by atoms with Gasteiger partial charge in [0.15, 0.2) is 23.4 Å². The molecule has 0 aliphatic heterocycles. The Morgan fingerprint density at radius 1 is 1.15 bits per heavy atom. The summed E-state index contributed by atoms with van der Waals surface area (Å²) in [4.78, 5) is 30.3. The molecular weight excluding hydrogens is 566 g/mol. The quantitative estimate of drug-likeness (QED) is 0.166. The lowest BCUT2D eigenvalue weighted by Crippen LogP contribution is -2.26.